The van der Waals surface area contributed by atoms with E-state index in [9.17, 15) is 45.0 Å². The molecule has 0 aliphatic carbocycles. The van der Waals surface area contributed by atoms with Crippen LogP contribution >= 0.6 is 11.8 Å². The third-order valence-electron chi connectivity index (χ3n) is 9.33. The second kappa shape index (κ2) is 19.7. The summed E-state index contributed by atoms with van der Waals surface area (Å²) < 4.78 is 22.4. The predicted octanol–water partition coefficient (Wildman–Crippen LogP) is -2.44. The molecule has 4 aliphatic heterocycles. The van der Waals surface area contributed by atoms with Gasteiger partial charge in [0.1, 0.15) is 42.7 Å². The summed E-state index contributed by atoms with van der Waals surface area (Å²) in [6.45, 7) is 1.76. The summed E-state index contributed by atoms with van der Waals surface area (Å²) in [4.78, 5) is 35.9. The number of unbranched alkanes of at least 4 members (excludes halogenated alkanes) is 3. The van der Waals surface area contributed by atoms with E-state index in [1.54, 1.807) is 0 Å². The minimum atomic E-state index is -1.66. The second-order valence-corrected chi connectivity index (χ2v) is 14.4. The first kappa shape index (κ1) is 39.9. The normalized spacial score (nSPS) is 37.3. The maximum Gasteiger partial charge on any atom is 0.315 e. The quantitative estimate of drug-likeness (QED) is 0.0491. The Kier molecular flexibility index (Phi) is 16.0. The lowest BCUT2D eigenvalue weighted by Crippen LogP contribution is -2.64. The first-order chi connectivity index (χ1) is 23.5. The number of carbonyl (C=O) groups is 3. The van der Waals surface area contributed by atoms with E-state index in [-0.39, 0.29) is 36.5 Å². The fraction of sp³-hybridized carbons (Fsp3) is 0.903. The standard InChI is InChI=1S/C31H54N4O13S/c1-16-23(39)25(41)27(43)29(46-16)48-28-26(42)24(40)18(14-36)47-30(28)45-13-7-12-33-20(37)9-3-2-6-11-32-21(38)10-5-4-8-19-22-17(15-49-19)34-31(44)35-22/h16-19,22-30,36,39-43H,2-15H2,1H3,(H,32,38)(H,33,37)(H2,34,35,44)/t16?,17?,18?,19?,22-,23?,24?,25?,26?,27?,28?,29?,30?/m0/s1. The molecule has 0 bridgehead atoms. The minimum absolute atomic E-state index is 0.0231. The van der Waals surface area contributed by atoms with Crippen LogP contribution in [-0.4, -0.2) is 159 Å². The first-order valence-electron chi connectivity index (χ1n) is 17.3. The fourth-order valence-electron chi connectivity index (χ4n) is 6.38. The lowest BCUT2D eigenvalue weighted by molar-refractivity contribution is -0.364. The fourth-order valence-corrected chi connectivity index (χ4v) is 7.93. The molecule has 4 fully saturated rings. The largest absolute Gasteiger partial charge is 0.394 e. The summed E-state index contributed by atoms with van der Waals surface area (Å²) in [6.07, 6.45) is -7.85. The van der Waals surface area contributed by atoms with Crippen LogP contribution in [0.1, 0.15) is 64.7 Å². The van der Waals surface area contributed by atoms with Gasteiger partial charge in [-0.2, -0.15) is 11.8 Å². The van der Waals surface area contributed by atoms with Gasteiger partial charge < -0.3 is 70.9 Å². The number of amides is 4. The molecule has 12 unspecified atom stereocenters. The van der Waals surface area contributed by atoms with Crippen LogP contribution in [0.25, 0.3) is 0 Å². The summed E-state index contributed by atoms with van der Waals surface area (Å²) >= 11 is 1.87. The van der Waals surface area contributed by atoms with Gasteiger partial charge in [0.15, 0.2) is 12.6 Å². The van der Waals surface area contributed by atoms with E-state index in [4.69, 9.17) is 18.9 Å². The molecule has 282 valence electrons. The summed E-state index contributed by atoms with van der Waals surface area (Å²) in [5.41, 5.74) is 0. The van der Waals surface area contributed by atoms with Gasteiger partial charge in [-0.05, 0) is 39.0 Å². The van der Waals surface area contributed by atoms with Crippen LogP contribution in [0.4, 0.5) is 4.79 Å². The van der Waals surface area contributed by atoms with Gasteiger partial charge in [-0.1, -0.05) is 12.8 Å². The zero-order chi connectivity index (χ0) is 35.5. The number of hydrogen-bond acceptors (Lipinski definition) is 14. The van der Waals surface area contributed by atoms with Crippen LogP contribution in [0.3, 0.4) is 0 Å². The van der Waals surface area contributed by atoms with Crippen molar-refractivity contribution in [2.24, 2.45) is 0 Å². The van der Waals surface area contributed by atoms with Crippen molar-refractivity contribution >= 4 is 29.6 Å². The van der Waals surface area contributed by atoms with Crippen molar-refractivity contribution in [1.29, 1.82) is 0 Å². The zero-order valence-electron chi connectivity index (χ0n) is 27.9. The molecule has 0 radical (unpaired) electrons. The number of rotatable bonds is 19. The van der Waals surface area contributed by atoms with Gasteiger partial charge in [0, 0.05) is 36.9 Å². The number of nitrogens with one attached hydrogen (secondary N) is 4. The number of aliphatic hydroxyl groups is 6. The molecule has 4 amide bonds. The number of urea groups is 1. The molecule has 0 aromatic carbocycles. The highest BCUT2D eigenvalue weighted by Crippen LogP contribution is 2.33. The van der Waals surface area contributed by atoms with Gasteiger partial charge in [0.2, 0.25) is 11.8 Å². The number of aliphatic hydroxyl groups excluding tert-OH is 6. The van der Waals surface area contributed by atoms with E-state index < -0.39 is 68.0 Å². The van der Waals surface area contributed by atoms with Gasteiger partial charge in [-0.3, -0.25) is 9.59 Å². The van der Waals surface area contributed by atoms with E-state index in [1.165, 1.54) is 6.92 Å². The monoisotopic (exact) mass is 722 g/mol. The topological polar surface area (TPSA) is 258 Å². The Hall–Kier alpha value is -1.84. The summed E-state index contributed by atoms with van der Waals surface area (Å²) in [5.74, 6) is 0.822. The number of ether oxygens (including phenoxy) is 4. The minimum Gasteiger partial charge on any atom is -0.394 e. The number of hydrogen-bond donors (Lipinski definition) is 10. The molecule has 49 heavy (non-hydrogen) atoms. The lowest BCUT2D eigenvalue weighted by Gasteiger charge is -2.45. The molecule has 0 aromatic heterocycles. The van der Waals surface area contributed by atoms with Crippen LogP contribution in [0.5, 0.6) is 0 Å². The van der Waals surface area contributed by atoms with E-state index in [0.29, 0.717) is 44.0 Å². The van der Waals surface area contributed by atoms with Crippen LogP contribution in [0, 0.1) is 0 Å². The van der Waals surface area contributed by atoms with Crippen molar-refractivity contribution in [1.82, 2.24) is 21.3 Å². The van der Waals surface area contributed by atoms with Crippen molar-refractivity contribution in [3.8, 4) is 0 Å². The molecule has 17 nitrogen and oxygen atoms in total. The Morgan fingerprint density at radius 3 is 2.24 bits per heavy atom. The Morgan fingerprint density at radius 2 is 1.53 bits per heavy atom. The summed E-state index contributed by atoms with van der Waals surface area (Å²) in [6, 6.07) is 0.309. The average Bonchev–Trinajstić information content (AvgIpc) is 3.64. The molecule has 4 aliphatic rings. The zero-order valence-corrected chi connectivity index (χ0v) is 28.7. The van der Waals surface area contributed by atoms with Crippen molar-refractivity contribution in [2.45, 2.75) is 143 Å². The van der Waals surface area contributed by atoms with E-state index in [1.807, 2.05) is 11.8 Å². The highest BCUT2D eigenvalue weighted by molar-refractivity contribution is 8.00. The maximum atomic E-state index is 12.3. The maximum absolute atomic E-state index is 12.3. The number of carbonyl (C=O) groups excluding carboxylic acids is 3. The average molecular weight is 723 g/mol. The third-order valence-corrected chi connectivity index (χ3v) is 10.8. The molecule has 0 aromatic rings. The molecule has 0 spiro atoms. The van der Waals surface area contributed by atoms with Crippen molar-refractivity contribution in [2.75, 3.05) is 32.1 Å². The predicted molar refractivity (Wildman–Crippen MR) is 174 cm³/mol. The van der Waals surface area contributed by atoms with Gasteiger partial charge in [-0.15, -0.1) is 0 Å². The lowest BCUT2D eigenvalue weighted by atomic mass is 9.97. The summed E-state index contributed by atoms with van der Waals surface area (Å²) in [5, 5.41) is 73.0. The molecule has 10 N–H and O–H groups in total. The Labute approximate surface area is 290 Å². The Balaban J connectivity index is 1.03. The number of thioether (sulfide) groups is 1. The molecular formula is C31H54N4O13S. The molecule has 4 heterocycles. The third kappa shape index (κ3) is 11.3. The molecule has 13 atom stereocenters. The highest BCUT2D eigenvalue weighted by Gasteiger charge is 2.50. The molecular weight excluding hydrogens is 668 g/mol. The van der Waals surface area contributed by atoms with Crippen LogP contribution < -0.4 is 21.3 Å². The Morgan fingerprint density at radius 1 is 0.837 bits per heavy atom. The van der Waals surface area contributed by atoms with E-state index in [2.05, 4.69) is 21.3 Å². The van der Waals surface area contributed by atoms with Crippen molar-refractivity contribution in [3.05, 3.63) is 0 Å². The summed E-state index contributed by atoms with van der Waals surface area (Å²) in [7, 11) is 0. The van der Waals surface area contributed by atoms with E-state index >= 15 is 0 Å². The highest BCUT2D eigenvalue weighted by atomic mass is 32.2. The first-order valence-corrected chi connectivity index (χ1v) is 18.4. The van der Waals surface area contributed by atoms with Crippen molar-refractivity contribution in [3.63, 3.8) is 0 Å². The van der Waals surface area contributed by atoms with Crippen LogP contribution in [0.15, 0.2) is 0 Å². The molecule has 4 saturated heterocycles. The molecule has 4 rings (SSSR count). The second-order valence-electron chi connectivity index (χ2n) is 13.1. The van der Waals surface area contributed by atoms with Gasteiger partial charge in [-0.25, -0.2) is 4.79 Å². The van der Waals surface area contributed by atoms with E-state index in [0.717, 1.165) is 37.9 Å². The Bertz CT molecular complexity index is 1060. The van der Waals surface area contributed by atoms with Gasteiger partial charge >= 0.3 is 6.03 Å². The van der Waals surface area contributed by atoms with Gasteiger partial charge in [0.05, 0.1) is 31.4 Å². The van der Waals surface area contributed by atoms with Gasteiger partial charge in [0.25, 0.3) is 0 Å². The SMILES string of the molecule is CC1OC(OC2C(OCCCNC(=O)CCCCCNC(=O)CCCCC3SCC4NC(=O)N[C@@H]43)OC(CO)C(O)C2O)C(O)C(O)C1O. The molecule has 0 saturated carbocycles. The van der Waals surface area contributed by atoms with Crippen LogP contribution in [-0.2, 0) is 28.5 Å². The number of fused-ring (bicyclic) bond motifs is 1. The van der Waals surface area contributed by atoms with Crippen LogP contribution in [0.2, 0.25) is 0 Å². The molecule has 18 heteroatoms. The smallest absolute Gasteiger partial charge is 0.315 e. The van der Waals surface area contributed by atoms with Crippen molar-refractivity contribution < 1.29 is 64.0 Å².